The molecule has 0 fully saturated rings. The number of halogens is 2. The quantitative estimate of drug-likeness (QED) is 0.661. The lowest BCUT2D eigenvalue weighted by Crippen LogP contribution is -2.09. The van der Waals surface area contributed by atoms with Crippen molar-refractivity contribution in [1.29, 1.82) is 0 Å². The highest BCUT2D eigenvalue weighted by molar-refractivity contribution is 7.95. The number of hydrogen-bond donors (Lipinski definition) is 1. The first-order valence-corrected chi connectivity index (χ1v) is 9.55. The Labute approximate surface area is 159 Å². The van der Waals surface area contributed by atoms with E-state index < -0.39 is 10.0 Å². The van der Waals surface area contributed by atoms with E-state index in [4.69, 9.17) is 27.7 Å². The molecule has 3 rings (SSSR count). The molecule has 0 aliphatic heterocycles. The molecule has 0 amide bonds. The molecule has 2 aromatic heterocycles. The van der Waals surface area contributed by atoms with Crippen molar-refractivity contribution in [2.75, 3.05) is 4.72 Å². The number of nitrogens with one attached hydrogen (secondary N) is 1. The number of sulfonamides is 1. The van der Waals surface area contributed by atoms with E-state index in [9.17, 15) is 8.42 Å². The van der Waals surface area contributed by atoms with Gasteiger partial charge in [-0.3, -0.25) is 4.72 Å². The summed E-state index contributed by atoms with van der Waals surface area (Å²) in [5.41, 5.74) is 1.46. The Bertz CT molecular complexity index is 1050. The molecule has 10 heteroatoms. The minimum absolute atomic E-state index is 0.160. The standard InChI is InChI=1S/C16H12Cl2N4O3S/c1-2-26(23,24)22-14-6-4-11(9-19-14)16-20-15(25-21-16)8-10-3-5-12(17)13(18)7-10/h2-7,9H,1,8H2,(H,19,22). The van der Waals surface area contributed by atoms with Gasteiger partial charge in [0.15, 0.2) is 0 Å². The molecule has 0 aliphatic rings. The lowest BCUT2D eigenvalue weighted by atomic mass is 10.1. The van der Waals surface area contributed by atoms with Gasteiger partial charge in [0.25, 0.3) is 10.0 Å². The van der Waals surface area contributed by atoms with E-state index in [1.807, 2.05) is 6.07 Å². The molecule has 0 aliphatic carbocycles. The third-order valence-corrected chi connectivity index (χ3v) is 4.97. The molecule has 0 radical (unpaired) electrons. The van der Waals surface area contributed by atoms with Gasteiger partial charge in [-0.2, -0.15) is 4.98 Å². The van der Waals surface area contributed by atoms with Gasteiger partial charge in [0.2, 0.25) is 11.7 Å². The summed E-state index contributed by atoms with van der Waals surface area (Å²) >= 11 is 11.9. The number of benzene rings is 1. The average molecular weight is 411 g/mol. The fourth-order valence-electron chi connectivity index (χ4n) is 2.04. The van der Waals surface area contributed by atoms with Crippen molar-refractivity contribution in [3.8, 4) is 11.4 Å². The second-order valence-corrected chi connectivity index (χ2v) is 7.62. The van der Waals surface area contributed by atoms with Gasteiger partial charge in [0.1, 0.15) is 5.82 Å². The first kappa shape index (κ1) is 18.4. The van der Waals surface area contributed by atoms with Gasteiger partial charge < -0.3 is 4.52 Å². The normalized spacial score (nSPS) is 11.3. The van der Waals surface area contributed by atoms with Gasteiger partial charge in [-0.25, -0.2) is 13.4 Å². The molecule has 1 N–H and O–H groups in total. The summed E-state index contributed by atoms with van der Waals surface area (Å²) in [6.07, 6.45) is 1.84. The van der Waals surface area contributed by atoms with Gasteiger partial charge in [0, 0.05) is 17.2 Å². The third-order valence-electron chi connectivity index (χ3n) is 3.30. The first-order chi connectivity index (χ1) is 12.4. The highest BCUT2D eigenvalue weighted by Crippen LogP contribution is 2.24. The average Bonchev–Trinajstić information content (AvgIpc) is 3.07. The van der Waals surface area contributed by atoms with Crippen LogP contribution in [0.25, 0.3) is 11.4 Å². The van der Waals surface area contributed by atoms with Crippen LogP contribution in [0.1, 0.15) is 11.5 Å². The smallest absolute Gasteiger partial charge is 0.255 e. The molecule has 3 aromatic rings. The molecule has 0 spiro atoms. The maximum atomic E-state index is 11.4. The highest BCUT2D eigenvalue weighted by atomic mass is 35.5. The van der Waals surface area contributed by atoms with Gasteiger partial charge in [0.05, 0.1) is 16.5 Å². The van der Waals surface area contributed by atoms with Crippen LogP contribution in [0.4, 0.5) is 5.82 Å². The van der Waals surface area contributed by atoms with Gasteiger partial charge in [-0.1, -0.05) is 41.0 Å². The van der Waals surface area contributed by atoms with Crippen LogP contribution in [0.15, 0.2) is 53.0 Å². The van der Waals surface area contributed by atoms with Crippen LogP contribution in [-0.4, -0.2) is 23.5 Å². The predicted octanol–water partition coefficient (Wildman–Crippen LogP) is 3.91. The largest absolute Gasteiger partial charge is 0.339 e. The summed E-state index contributed by atoms with van der Waals surface area (Å²) < 4.78 is 30.3. The lowest BCUT2D eigenvalue weighted by Gasteiger charge is -2.02. The highest BCUT2D eigenvalue weighted by Gasteiger charge is 2.12. The van der Waals surface area contributed by atoms with E-state index in [0.717, 1.165) is 11.0 Å². The zero-order valence-electron chi connectivity index (χ0n) is 13.2. The predicted molar refractivity (Wildman–Crippen MR) is 99.5 cm³/mol. The molecular weight excluding hydrogens is 399 g/mol. The summed E-state index contributed by atoms with van der Waals surface area (Å²) in [6, 6.07) is 8.37. The summed E-state index contributed by atoms with van der Waals surface area (Å²) in [4.78, 5) is 8.31. The SMILES string of the molecule is C=CS(=O)(=O)Nc1ccc(-c2noc(Cc3ccc(Cl)c(Cl)c3)n2)cn1. The molecule has 0 saturated heterocycles. The van der Waals surface area contributed by atoms with E-state index in [2.05, 4.69) is 26.4 Å². The molecule has 0 unspecified atom stereocenters. The van der Waals surface area contributed by atoms with Crippen LogP contribution in [0.2, 0.25) is 10.0 Å². The van der Waals surface area contributed by atoms with Crippen LogP contribution in [-0.2, 0) is 16.4 Å². The lowest BCUT2D eigenvalue weighted by molar-refractivity contribution is 0.385. The van der Waals surface area contributed by atoms with Crippen LogP contribution in [0, 0.1) is 0 Å². The summed E-state index contributed by atoms with van der Waals surface area (Å²) in [5, 5.41) is 5.63. The van der Waals surface area contributed by atoms with Crippen molar-refractivity contribution in [3.63, 3.8) is 0 Å². The Morgan fingerprint density at radius 1 is 1.19 bits per heavy atom. The van der Waals surface area contributed by atoms with E-state index in [1.54, 1.807) is 18.2 Å². The Balaban J connectivity index is 1.75. The van der Waals surface area contributed by atoms with Crippen molar-refractivity contribution >= 4 is 39.0 Å². The van der Waals surface area contributed by atoms with E-state index in [1.165, 1.54) is 12.3 Å². The molecule has 134 valence electrons. The third kappa shape index (κ3) is 4.40. The van der Waals surface area contributed by atoms with E-state index in [-0.39, 0.29) is 5.82 Å². The molecule has 0 saturated carbocycles. The number of anilines is 1. The zero-order valence-corrected chi connectivity index (χ0v) is 15.5. The monoisotopic (exact) mass is 410 g/mol. The second-order valence-electron chi connectivity index (χ2n) is 5.18. The topological polar surface area (TPSA) is 98.0 Å². The van der Waals surface area contributed by atoms with Crippen molar-refractivity contribution in [2.24, 2.45) is 0 Å². The molecule has 0 atom stereocenters. The molecule has 26 heavy (non-hydrogen) atoms. The van der Waals surface area contributed by atoms with Crippen molar-refractivity contribution in [1.82, 2.24) is 15.1 Å². The molecule has 0 bridgehead atoms. The van der Waals surface area contributed by atoms with Crippen molar-refractivity contribution in [2.45, 2.75) is 6.42 Å². The van der Waals surface area contributed by atoms with Gasteiger partial charge in [-0.05, 0) is 29.8 Å². The number of rotatable bonds is 6. The summed E-state index contributed by atoms with van der Waals surface area (Å²) in [6.45, 7) is 3.21. The Morgan fingerprint density at radius 2 is 2.00 bits per heavy atom. The number of hydrogen-bond acceptors (Lipinski definition) is 6. The maximum absolute atomic E-state index is 11.4. The van der Waals surface area contributed by atoms with E-state index in [0.29, 0.717) is 33.7 Å². The Kier molecular flexibility index (Phi) is 5.26. The fraction of sp³-hybridized carbons (Fsp3) is 0.0625. The maximum Gasteiger partial charge on any atom is 0.255 e. The summed E-state index contributed by atoms with van der Waals surface area (Å²) in [7, 11) is -3.61. The molecule has 7 nitrogen and oxygen atoms in total. The Hall–Kier alpha value is -2.42. The van der Waals surface area contributed by atoms with Gasteiger partial charge >= 0.3 is 0 Å². The molecule has 2 heterocycles. The van der Waals surface area contributed by atoms with Gasteiger partial charge in [-0.15, -0.1) is 0 Å². The summed E-state index contributed by atoms with van der Waals surface area (Å²) in [5.74, 6) is 0.897. The van der Waals surface area contributed by atoms with Crippen LogP contribution < -0.4 is 4.72 Å². The van der Waals surface area contributed by atoms with Crippen molar-refractivity contribution < 1.29 is 12.9 Å². The van der Waals surface area contributed by atoms with Crippen molar-refractivity contribution in [3.05, 3.63) is 70.0 Å². The fourth-order valence-corrected chi connectivity index (χ4v) is 2.86. The first-order valence-electron chi connectivity index (χ1n) is 7.24. The Morgan fingerprint density at radius 3 is 2.65 bits per heavy atom. The van der Waals surface area contributed by atoms with E-state index >= 15 is 0 Å². The second kappa shape index (κ2) is 7.45. The minimum Gasteiger partial charge on any atom is -0.339 e. The van der Waals surface area contributed by atoms with Crippen LogP contribution in [0.3, 0.4) is 0 Å². The molecule has 1 aromatic carbocycles. The number of aromatic nitrogens is 3. The van der Waals surface area contributed by atoms with Crippen LogP contribution in [0.5, 0.6) is 0 Å². The number of pyridine rings is 1. The van der Waals surface area contributed by atoms with Crippen LogP contribution >= 0.6 is 23.2 Å². The molecular formula is C16H12Cl2N4O3S. The minimum atomic E-state index is -3.61. The number of nitrogens with zero attached hydrogens (tertiary/aromatic N) is 3. The zero-order chi connectivity index (χ0) is 18.7.